The zero-order valence-electron chi connectivity index (χ0n) is 12.6. The van der Waals surface area contributed by atoms with Crippen molar-refractivity contribution in [3.05, 3.63) is 66.0 Å². The van der Waals surface area contributed by atoms with Crippen LogP contribution in [0.3, 0.4) is 0 Å². The molecule has 1 unspecified atom stereocenters. The Balaban J connectivity index is 2.00. The molecule has 1 heterocycles. The maximum Gasteiger partial charge on any atom is 0.315 e. The molecule has 3 N–H and O–H groups in total. The van der Waals surface area contributed by atoms with Crippen LogP contribution >= 0.6 is 0 Å². The standard InChI is InChI=1S/C17H21N3O2/c1-17(9-11-21,15-7-3-2-4-8-15)20-16(22)19-13-14-6-5-10-18-12-14/h2-8,10,12,21H,9,11,13H2,1H3,(H2,19,20,22). The van der Waals surface area contributed by atoms with Crippen molar-refractivity contribution in [2.24, 2.45) is 0 Å². The van der Waals surface area contributed by atoms with Crippen LogP contribution in [0.5, 0.6) is 0 Å². The van der Waals surface area contributed by atoms with Crippen LogP contribution in [0, 0.1) is 0 Å². The minimum absolute atomic E-state index is 0.00568. The molecule has 0 saturated carbocycles. The zero-order valence-corrected chi connectivity index (χ0v) is 12.6. The number of aromatic nitrogens is 1. The maximum atomic E-state index is 12.2. The predicted molar refractivity (Wildman–Crippen MR) is 85.1 cm³/mol. The first-order chi connectivity index (χ1) is 10.6. The topological polar surface area (TPSA) is 74.2 Å². The van der Waals surface area contributed by atoms with Gasteiger partial charge in [-0.05, 0) is 30.5 Å². The Morgan fingerprint density at radius 2 is 2.00 bits per heavy atom. The number of pyridine rings is 1. The van der Waals surface area contributed by atoms with Crippen molar-refractivity contribution in [3.8, 4) is 0 Å². The number of hydrogen-bond donors (Lipinski definition) is 3. The highest BCUT2D eigenvalue weighted by atomic mass is 16.3. The summed E-state index contributed by atoms with van der Waals surface area (Å²) in [5, 5.41) is 15.1. The van der Waals surface area contributed by atoms with E-state index in [1.807, 2.05) is 49.4 Å². The first-order valence-corrected chi connectivity index (χ1v) is 7.25. The smallest absolute Gasteiger partial charge is 0.315 e. The van der Waals surface area contributed by atoms with Crippen LogP contribution < -0.4 is 10.6 Å². The third kappa shape index (κ3) is 4.30. The van der Waals surface area contributed by atoms with Gasteiger partial charge in [-0.15, -0.1) is 0 Å². The summed E-state index contributed by atoms with van der Waals surface area (Å²) in [6.07, 6.45) is 3.85. The quantitative estimate of drug-likeness (QED) is 0.765. The fourth-order valence-corrected chi connectivity index (χ4v) is 2.29. The molecular formula is C17H21N3O2. The number of amides is 2. The van der Waals surface area contributed by atoms with E-state index in [1.54, 1.807) is 12.4 Å². The van der Waals surface area contributed by atoms with E-state index in [0.717, 1.165) is 11.1 Å². The molecule has 116 valence electrons. The van der Waals surface area contributed by atoms with Gasteiger partial charge in [-0.2, -0.15) is 0 Å². The number of carbonyl (C=O) groups is 1. The molecule has 2 aromatic rings. The van der Waals surface area contributed by atoms with Gasteiger partial charge in [0.2, 0.25) is 0 Å². The van der Waals surface area contributed by atoms with Crippen molar-refractivity contribution in [1.82, 2.24) is 15.6 Å². The first-order valence-electron chi connectivity index (χ1n) is 7.25. The van der Waals surface area contributed by atoms with Gasteiger partial charge in [-0.25, -0.2) is 4.79 Å². The lowest BCUT2D eigenvalue weighted by atomic mass is 9.89. The zero-order chi connectivity index (χ0) is 15.8. The highest BCUT2D eigenvalue weighted by molar-refractivity contribution is 5.75. The fraction of sp³-hybridized carbons (Fsp3) is 0.294. The van der Waals surface area contributed by atoms with Crippen LogP contribution in [0.1, 0.15) is 24.5 Å². The van der Waals surface area contributed by atoms with E-state index in [0.29, 0.717) is 13.0 Å². The number of nitrogens with one attached hydrogen (secondary N) is 2. The minimum Gasteiger partial charge on any atom is -0.396 e. The molecule has 5 heteroatoms. The molecule has 2 amide bonds. The number of aliphatic hydroxyl groups is 1. The Labute approximate surface area is 130 Å². The monoisotopic (exact) mass is 299 g/mol. The van der Waals surface area contributed by atoms with E-state index in [-0.39, 0.29) is 12.6 Å². The Kier molecular flexibility index (Phi) is 5.49. The van der Waals surface area contributed by atoms with Crippen LogP contribution in [-0.2, 0) is 12.1 Å². The SMILES string of the molecule is CC(CCO)(NC(=O)NCc1cccnc1)c1ccccc1. The number of carbonyl (C=O) groups excluding carboxylic acids is 1. The van der Waals surface area contributed by atoms with Gasteiger partial charge in [0, 0.05) is 25.5 Å². The van der Waals surface area contributed by atoms with Crippen molar-refractivity contribution >= 4 is 6.03 Å². The highest BCUT2D eigenvalue weighted by Gasteiger charge is 2.27. The van der Waals surface area contributed by atoms with Crippen molar-refractivity contribution < 1.29 is 9.90 Å². The second-order valence-electron chi connectivity index (χ2n) is 5.34. The third-order valence-corrected chi connectivity index (χ3v) is 3.59. The van der Waals surface area contributed by atoms with E-state index >= 15 is 0 Å². The van der Waals surface area contributed by atoms with Crippen LogP contribution in [0.4, 0.5) is 4.79 Å². The van der Waals surface area contributed by atoms with E-state index in [4.69, 9.17) is 0 Å². The first kappa shape index (κ1) is 16.0. The third-order valence-electron chi connectivity index (χ3n) is 3.59. The summed E-state index contributed by atoms with van der Waals surface area (Å²) in [4.78, 5) is 16.2. The number of benzene rings is 1. The van der Waals surface area contributed by atoms with Crippen molar-refractivity contribution in [2.75, 3.05) is 6.61 Å². The number of nitrogens with zero attached hydrogens (tertiary/aromatic N) is 1. The second-order valence-corrected chi connectivity index (χ2v) is 5.34. The number of rotatable bonds is 6. The molecular weight excluding hydrogens is 278 g/mol. The molecule has 2 rings (SSSR count). The second kappa shape index (κ2) is 7.56. The molecule has 1 aromatic carbocycles. The minimum atomic E-state index is -0.616. The van der Waals surface area contributed by atoms with Gasteiger partial charge in [0.25, 0.3) is 0 Å². The van der Waals surface area contributed by atoms with Gasteiger partial charge in [-0.1, -0.05) is 36.4 Å². The van der Waals surface area contributed by atoms with E-state index in [2.05, 4.69) is 15.6 Å². The van der Waals surface area contributed by atoms with E-state index < -0.39 is 5.54 Å². The Morgan fingerprint density at radius 1 is 1.23 bits per heavy atom. The van der Waals surface area contributed by atoms with Gasteiger partial charge in [0.15, 0.2) is 0 Å². The largest absolute Gasteiger partial charge is 0.396 e. The summed E-state index contributed by atoms with van der Waals surface area (Å²) < 4.78 is 0. The van der Waals surface area contributed by atoms with Gasteiger partial charge < -0.3 is 15.7 Å². The summed E-state index contributed by atoms with van der Waals surface area (Å²) in [5.41, 5.74) is 1.27. The van der Waals surface area contributed by atoms with Crippen molar-refractivity contribution in [2.45, 2.75) is 25.4 Å². The van der Waals surface area contributed by atoms with Crippen LogP contribution in [0.25, 0.3) is 0 Å². The van der Waals surface area contributed by atoms with Gasteiger partial charge in [0.05, 0.1) is 5.54 Å². The molecule has 0 saturated heterocycles. The highest BCUT2D eigenvalue weighted by Crippen LogP contribution is 2.24. The average Bonchev–Trinajstić information content (AvgIpc) is 2.55. The Hall–Kier alpha value is -2.40. The van der Waals surface area contributed by atoms with Crippen LogP contribution in [-0.4, -0.2) is 22.7 Å². The van der Waals surface area contributed by atoms with E-state index in [1.165, 1.54) is 0 Å². The van der Waals surface area contributed by atoms with E-state index in [9.17, 15) is 9.90 Å². The Bertz CT molecular complexity index is 589. The summed E-state index contributed by atoms with van der Waals surface area (Å²) in [6.45, 7) is 2.31. The lowest BCUT2D eigenvalue weighted by Gasteiger charge is -2.31. The van der Waals surface area contributed by atoms with Crippen molar-refractivity contribution in [1.29, 1.82) is 0 Å². The number of urea groups is 1. The van der Waals surface area contributed by atoms with Gasteiger partial charge in [0.1, 0.15) is 0 Å². The molecule has 0 aliphatic carbocycles. The summed E-state index contributed by atoms with van der Waals surface area (Å²) in [7, 11) is 0. The van der Waals surface area contributed by atoms with Crippen LogP contribution in [0.15, 0.2) is 54.9 Å². The lowest BCUT2D eigenvalue weighted by Crippen LogP contribution is -2.48. The summed E-state index contributed by atoms with van der Waals surface area (Å²) >= 11 is 0. The number of hydrogen-bond acceptors (Lipinski definition) is 3. The number of aliphatic hydroxyl groups excluding tert-OH is 1. The predicted octanol–water partition coefficient (Wildman–Crippen LogP) is 2.18. The lowest BCUT2D eigenvalue weighted by molar-refractivity contribution is 0.203. The molecule has 22 heavy (non-hydrogen) atoms. The molecule has 5 nitrogen and oxygen atoms in total. The molecule has 0 aliphatic heterocycles. The summed E-state index contributed by atoms with van der Waals surface area (Å²) in [5.74, 6) is 0. The molecule has 0 fully saturated rings. The normalized spacial score (nSPS) is 13.2. The van der Waals surface area contributed by atoms with Crippen LogP contribution in [0.2, 0.25) is 0 Å². The van der Waals surface area contributed by atoms with Gasteiger partial charge in [-0.3, -0.25) is 4.98 Å². The molecule has 0 radical (unpaired) electrons. The summed E-state index contributed by atoms with van der Waals surface area (Å²) in [6, 6.07) is 13.1. The average molecular weight is 299 g/mol. The molecule has 0 spiro atoms. The molecule has 0 aliphatic rings. The van der Waals surface area contributed by atoms with Gasteiger partial charge >= 0.3 is 6.03 Å². The maximum absolute atomic E-state index is 12.2. The Morgan fingerprint density at radius 3 is 2.64 bits per heavy atom. The molecule has 1 atom stereocenters. The fourth-order valence-electron chi connectivity index (χ4n) is 2.29. The molecule has 0 bridgehead atoms. The van der Waals surface area contributed by atoms with Crippen molar-refractivity contribution in [3.63, 3.8) is 0 Å². The molecule has 1 aromatic heterocycles.